The van der Waals surface area contributed by atoms with Crippen molar-refractivity contribution in [2.45, 2.75) is 26.7 Å². The van der Waals surface area contributed by atoms with Gasteiger partial charge in [-0.3, -0.25) is 4.79 Å². The molecular weight excluding hydrogens is 482 g/mol. The van der Waals surface area contributed by atoms with Crippen molar-refractivity contribution < 1.29 is 14.3 Å². The number of hydrogen-bond donors (Lipinski definition) is 2. The predicted octanol–water partition coefficient (Wildman–Crippen LogP) is 5.75. The average Bonchev–Trinajstić information content (AvgIpc) is 2.83. The maximum atomic E-state index is 12.9. The molecule has 0 saturated carbocycles. The summed E-state index contributed by atoms with van der Waals surface area (Å²) < 4.78 is 5.31. The van der Waals surface area contributed by atoms with E-state index in [1.807, 2.05) is 32.0 Å². The highest BCUT2D eigenvalue weighted by atomic mass is 35.5. The number of thioether (sulfide) groups is 1. The molecule has 8 heteroatoms. The maximum absolute atomic E-state index is 12.9. The Hall–Kier alpha value is -3.47. The molecule has 0 aromatic heterocycles. The molecule has 0 unspecified atom stereocenters. The van der Waals surface area contributed by atoms with Crippen LogP contribution in [0.1, 0.15) is 29.5 Å². The van der Waals surface area contributed by atoms with E-state index < -0.39 is 11.9 Å². The fraction of sp³-hybridized carbons (Fsp3) is 0.222. The number of amides is 1. The van der Waals surface area contributed by atoms with Crippen LogP contribution in [-0.2, 0) is 14.3 Å². The standard InChI is InChI=1S/C27H26ClN3O3S/c1-5-13-34-27(33)23-18(4)30-26(21(14-29)24(23)19-9-11-20(28)12-10-19)35-15-22(32)31-25-16(2)7-6-8-17(25)3/h5-12,24,30H,1,13,15H2,2-4H3,(H,31,32)/t24-/m1/s1. The number of carbonyl (C=O) groups is 2. The van der Waals surface area contributed by atoms with Gasteiger partial charge in [0, 0.05) is 16.4 Å². The summed E-state index contributed by atoms with van der Waals surface area (Å²) in [6.45, 7) is 9.26. The van der Waals surface area contributed by atoms with Crippen LogP contribution >= 0.6 is 23.4 Å². The molecule has 6 nitrogen and oxygen atoms in total. The topological polar surface area (TPSA) is 91.2 Å². The van der Waals surface area contributed by atoms with Crippen molar-refractivity contribution >= 4 is 40.9 Å². The number of anilines is 1. The Bertz CT molecular complexity index is 1240. The van der Waals surface area contributed by atoms with E-state index in [4.69, 9.17) is 16.3 Å². The van der Waals surface area contributed by atoms with Gasteiger partial charge in [0.15, 0.2) is 0 Å². The summed E-state index contributed by atoms with van der Waals surface area (Å²) in [4.78, 5) is 25.7. The van der Waals surface area contributed by atoms with Crippen molar-refractivity contribution in [2.24, 2.45) is 0 Å². The molecule has 1 heterocycles. The molecule has 0 saturated heterocycles. The van der Waals surface area contributed by atoms with Crippen molar-refractivity contribution in [1.29, 1.82) is 5.26 Å². The van der Waals surface area contributed by atoms with Gasteiger partial charge in [-0.15, -0.1) is 0 Å². The fourth-order valence-electron chi connectivity index (χ4n) is 3.82. The summed E-state index contributed by atoms with van der Waals surface area (Å²) in [5.74, 6) is -1.32. The molecule has 2 aromatic carbocycles. The van der Waals surface area contributed by atoms with E-state index >= 15 is 0 Å². The normalized spacial score (nSPS) is 15.2. The van der Waals surface area contributed by atoms with Crippen molar-refractivity contribution in [1.82, 2.24) is 5.32 Å². The van der Waals surface area contributed by atoms with E-state index in [1.165, 1.54) is 17.8 Å². The van der Waals surface area contributed by atoms with E-state index in [9.17, 15) is 14.9 Å². The largest absolute Gasteiger partial charge is 0.458 e. The number of hydrogen-bond acceptors (Lipinski definition) is 6. The first kappa shape index (κ1) is 26.1. The molecule has 0 bridgehead atoms. The Balaban J connectivity index is 1.91. The van der Waals surface area contributed by atoms with Crippen LogP contribution in [0.5, 0.6) is 0 Å². The summed E-state index contributed by atoms with van der Waals surface area (Å²) >= 11 is 7.28. The molecule has 0 aliphatic carbocycles. The zero-order valence-electron chi connectivity index (χ0n) is 19.8. The van der Waals surface area contributed by atoms with Crippen LogP contribution in [0.15, 0.2) is 77.0 Å². The minimum atomic E-state index is -0.667. The van der Waals surface area contributed by atoms with E-state index in [-0.39, 0.29) is 18.3 Å². The highest BCUT2D eigenvalue weighted by Crippen LogP contribution is 2.41. The van der Waals surface area contributed by atoms with Gasteiger partial charge in [0.05, 0.1) is 33.9 Å². The fourth-order valence-corrected chi connectivity index (χ4v) is 4.84. The average molecular weight is 508 g/mol. The third kappa shape index (κ3) is 6.16. The molecule has 0 radical (unpaired) electrons. The summed E-state index contributed by atoms with van der Waals surface area (Å²) in [6.07, 6.45) is 1.48. The molecule has 35 heavy (non-hydrogen) atoms. The van der Waals surface area contributed by atoms with Crippen LogP contribution in [0.2, 0.25) is 5.02 Å². The number of para-hydroxylation sites is 1. The lowest BCUT2D eigenvalue weighted by molar-refractivity contribution is -0.138. The number of nitrogens with zero attached hydrogens (tertiary/aromatic N) is 1. The number of esters is 1. The van der Waals surface area contributed by atoms with E-state index in [1.54, 1.807) is 31.2 Å². The predicted molar refractivity (Wildman–Crippen MR) is 141 cm³/mol. The van der Waals surface area contributed by atoms with Crippen LogP contribution in [-0.4, -0.2) is 24.2 Å². The number of dihydropyridines is 1. The zero-order chi connectivity index (χ0) is 25.5. The smallest absolute Gasteiger partial charge is 0.337 e. The number of aryl methyl sites for hydroxylation is 2. The number of benzene rings is 2. The monoisotopic (exact) mass is 507 g/mol. The van der Waals surface area contributed by atoms with Gasteiger partial charge in [-0.05, 0) is 49.6 Å². The summed E-state index contributed by atoms with van der Waals surface area (Å²) in [5.41, 5.74) is 4.65. The molecule has 1 aliphatic rings. The van der Waals surface area contributed by atoms with Gasteiger partial charge in [-0.2, -0.15) is 5.26 Å². The Morgan fingerprint density at radius 2 is 1.86 bits per heavy atom. The number of ether oxygens (including phenoxy) is 1. The molecule has 0 spiro atoms. The molecule has 1 atom stereocenters. The first-order chi connectivity index (χ1) is 16.8. The van der Waals surface area contributed by atoms with E-state index in [0.29, 0.717) is 26.9 Å². The number of halogens is 1. The molecule has 1 aliphatic heterocycles. The van der Waals surface area contributed by atoms with Gasteiger partial charge in [0.25, 0.3) is 0 Å². The molecule has 2 N–H and O–H groups in total. The Kier molecular flexibility index (Phi) is 8.80. The number of allylic oxidation sites excluding steroid dienone is 2. The van der Waals surface area contributed by atoms with Crippen LogP contribution in [0.4, 0.5) is 5.69 Å². The summed E-state index contributed by atoms with van der Waals surface area (Å²) in [6, 6.07) is 15.0. The van der Waals surface area contributed by atoms with Gasteiger partial charge in [-0.1, -0.05) is 66.3 Å². The van der Waals surface area contributed by atoms with Crippen LogP contribution in [0.25, 0.3) is 0 Å². The lowest BCUT2D eigenvalue weighted by atomic mass is 9.82. The Labute approximate surface area is 214 Å². The second-order valence-electron chi connectivity index (χ2n) is 7.99. The minimum Gasteiger partial charge on any atom is -0.458 e. The highest BCUT2D eigenvalue weighted by molar-refractivity contribution is 8.03. The minimum absolute atomic E-state index is 0.0502. The second-order valence-corrected chi connectivity index (χ2v) is 9.42. The first-order valence-electron chi connectivity index (χ1n) is 10.9. The molecule has 180 valence electrons. The van der Waals surface area contributed by atoms with Crippen LogP contribution in [0.3, 0.4) is 0 Å². The van der Waals surface area contributed by atoms with Gasteiger partial charge in [0.2, 0.25) is 5.91 Å². The number of rotatable bonds is 8. The third-order valence-corrected chi connectivity index (χ3v) is 6.77. The quantitative estimate of drug-likeness (QED) is 0.349. The number of nitrogens with one attached hydrogen (secondary N) is 2. The van der Waals surface area contributed by atoms with Crippen molar-refractivity contribution in [2.75, 3.05) is 17.7 Å². The summed E-state index contributed by atoms with van der Waals surface area (Å²) in [7, 11) is 0. The molecule has 3 rings (SSSR count). The van der Waals surface area contributed by atoms with Crippen LogP contribution < -0.4 is 10.6 Å². The lowest BCUT2D eigenvalue weighted by Crippen LogP contribution is -2.29. The zero-order valence-corrected chi connectivity index (χ0v) is 21.3. The van der Waals surface area contributed by atoms with E-state index in [2.05, 4.69) is 23.3 Å². The second kappa shape index (κ2) is 11.8. The molecule has 0 fully saturated rings. The lowest BCUT2D eigenvalue weighted by Gasteiger charge is -2.29. The van der Waals surface area contributed by atoms with Crippen LogP contribution in [0, 0.1) is 25.2 Å². The first-order valence-corrected chi connectivity index (χ1v) is 12.3. The maximum Gasteiger partial charge on any atom is 0.337 e. The van der Waals surface area contributed by atoms with Gasteiger partial charge in [-0.25, -0.2) is 4.79 Å². The van der Waals surface area contributed by atoms with Crippen molar-refractivity contribution in [3.05, 3.63) is 98.7 Å². The summed E-state index contributed by atoms with van der Waals surface area (Å²) in [5, 5.41) is 17.3. The Morgan fingerprint density at radius 1 is 1.20 bits per heavy atom. The molecule has 2 aromatic rings. The van der Waals surface area contributed by atoms with E-state index in [0.717, 1.165) is 22.4 Å². The van der Waals surface area contributed by atoms with Gasteiger partial charge in [0.1, 0.15) is 6.61 Å². The van der Waals surface area contributed by atoms with Crippen molar-refractivity contribution in [3.8, 4) is 6.07 Å². The van der Waals surface area contributed by atoms with Gasteiger partial charge >= 0.3 is 5.97 Å². The van der Waals surface area contributed by atoms with Gasteiger partial charge < -0.3 is 15.4 Å². The SMILES string of the molecule is C=CCOC(=O)C1=C(C)NC(SCC(=O)Nc2c(C)cccc2C)=C(C#N)[C@H]1c1ccc(Cl)cc1. The van der Waals surface area contributed by atoms with Crippen molar-refractivity contribution in [3.63, 3.8) is 0 Å². The Morgan fingerprint density at radius 3 is 2.46 bits per heavy atom. The molecular formula is C27H26ClN3O3S. The third-order valence-electron chi connectivity index (χ3n) is 5.50. The number of carbonyl (C=O) groups excluding carboxylic acids is 2. The highest BCUT2D eigenvalue weighted by Gasteiger charge is 2.35. The number of nitriles is 1. The molecule has 1 amide bonds.